The van der Waals surface area contributed by atoms with E-state index >= 15 is 0 Å². The summed E-state index contributed by atoms with van der Waals surface area (Å²) < 4.78 is 4.90. The average molecular weight is 249 g/mol. The molecule has 0 amide bonds. The molecular formula is C15H23NO2. The highest BCUT2D eigenvalue weighted by molar-refractivity contribution is 5.69. The number of ether oxygens (including phenoxy) is 1. The van der Waals surface area contributed by atoms with E-state index in [9.17, 15) is 4.79 Å². The Kier molecular flexibility index (Phi) is 7.11. The van der Waals surface area contributed by atoms with Crippen LogP contribution in [0, 0.1) is 0 Å². The summed E-state index contributed by atoms with van der Waals surface area (Å²) in [6.07, 6.45) is 3.36. The average Bonchev–Trinajstić information content (AvgIpc) is 2.38. The molecule has 0 aliphatic carbocycles. The van der Waals surface area contributed by atoms with Crippen LogP contribution < -0.4 is 5.32 Å². The SMILES string of the molecule is CCOC(=O)CCCc1ccc(CCNC)cc1. The molecule has 0 aliphatic rings. The van der Waals surface area contributed by atoms with E-state index in [0.717, 1.165) is 25.8 Å². The number of hydrogen-bond acceptors (Lipinski definition) is 3. The van der Waals surface area contributed by atoms with Gasteiger partial charge in [-0.25, -0.2) is 0 Å². The molecular weight excluding hydrogens is 226 g/mol. The maximum atomic E-state index is 11.2. The van der Waals surface area contributed by atoms with Crippen molar-refractivity contribution < 1.29 is 9.53 Å². The van der Waals surface area contributed by atoms with Gasteiger partial charge >= 0.3 is 5.97 Å². The lowest BCUT2D eigenvalue weighted by molar-refractivity contribution is -0.143. The van der Waals surface area contributed by atoms with Gasteiger partial charge < -0.3 is 10.1 Å². The van der Waals surface area contributed by atoms with Crippen LogP contribution in [0.1, 0.15) is 30.9 Å². The van der Waals surface area contributed by atoms with Gasteiger partial charge in [-0.05, 0) is 50.9 Å². The minimum Gasteiger partial charge on any atom is -0.466 e. The Balaban J connectivity index is 2.28. The summed E-state index contributed by atoms with van der Waals surface area (Å²) in [6.45, 7) is 3.31. The summed E-state index contributed by atoms with van der Waals surface area (Å²) in [7, 11) is 1.96. The number of aryl methyl sites for hydroxylation is 1. The maximum Gasteiger partial charge on any atom is 0.305 e. The molecule has 1 rings (SSSR count). The first-order chi connectivity index (χ1) is 8.76. The van der Waals surface area contributed by atoms with E-state index in [-0.39, 0.29) is 5.97 Å². The van der Waals surface area contributed by atoms with Gasteiger partial charge in [0.15, 0.2) is 0 Å². The van der Waals surface area contributed by atoms with E-state index in [1.807, 2.05) is 14.0 Å². The van der Waals surface area contributed by atoms with Gasteiger partial charge in [0, 0.05) is 6.42 Å². The summed E-state index contributed by atoms with van der Waals surface area (Å²) >= 11 is 0. The molecule has 0 unspecified atom stereocenters. The summed E-state index contributed by atoms with van der Waals surface area (Å²) in [5, 5.41) is 3.14. The number of carbonyl (C=O) groups is 1. The van der Waals surface area contributed by atoms with E-state index in [2.05, 4.69) is 29.6 Å². The fourth-order valence-electron chi connectivity index (χ4n) is 1.81. The van der Waals surface area contributed by atoms with Crippen LogP contribution in [0.4, 0.5) is 0 Å². The van der Waals surface area contributed by atoms with Crippen LogP contribution in [-0.4, -0.2) is 26.2 Å². The lowest BCUT2D eigenvalue weighted by atomic mass is 10.0. The normalized spacial score (nSPS) is 10.3. The molecule has 0 bridgehead atoms. The molecule has 1 N–H and O–H groups in total. The van der Waals surface area contributed by atoms with Gasteiger partial charge in [0.25, 0.3) is 0 Å². The fourth-order valence-corrected chi connectivity index (χ4v) is 1.81. The highest BCUT2D eigenvalue weighted by atomic mass is 16.5. The largest absolute Gasteiger partial charge is 0.466 e. The van der Waals surface area contributed by atoms with E-state index in [4.69, 9.17) is 4.74 Å². The first-order valence-corrected chi connectivity index (χ1v) is 6.64. The Labute approximate surface area is 110 Å². The van der Waals surface area contributed by atoms with Gasteiger partial charge in [-0.3, -0.25) is 4.79 Å². The van der Waals surface area contributed by atoms with E-state index in [1.54, 1.807) is 0 Å². The Morgan fingerprint density at radius 1 is 1.17 bits per heavy atom. The van der Waals surface area contributed by atoms with Crippen molar-refractivity contribution >= 4 is 5.97 Å². The van der Waals surface area contributed by atoms with Crippen LogP contribution >= 0.6 is 0 Å². The second kappa shape index (κ2) is 8.70. The molecule has 0 radical (unpaired) electrons. The van der Waals surface area contributed by atoms with Crippen molar-refractivity contribution in [2.24, 2.45) is 0 Å². The minimum absolute atomic E-state index is 0.0943. The Morgan fingerprint density at radius 3 is 2.33 bits per heavy atom. The molecule has 0 saturated heterocycles. The van der Waals surface area contributed by atoms with Gasteiger partial charge in [0.1, 0.15) is 0 Å². The van der Waals surface area contributed by atoms with Crippen LogP contribution in [0.15, 0.2) is 24.3 Å². The summed E-state index contributed by atoms with van der Waals surface area (Å²) in [6, 6.07) is 8.63. The molecule has 18 heavy (non-hydrogen) atoms. The molecule has 3 nitrogen and oxygen atoms in total. The topological polar surface area (TPSA) is 38.3 Å². The smallest absolute Gasteiger partial charge is 0.305 e. The molecule has 3 heteroatoms. The van der Waals surface area contributed by atoms with Crippen LogP contribution in [0.2, 0.25) is 0 Å². The van der Waals surface area contributed by atoms with Gasteiger partial charge in [-0.1, -0.05) is 24.3 Å². The van der Waals surface area contributed by atoms with Crippen molar-refractivity contribution in [2.75, 3.05) is 20.2 Å². The minimum atomic E-state index is -0.0943. The van der Waals surface area contributed by atoms with Gasteiger partial charge in [0.2, 0.25) is 0 Å². The third-order valence-electron chi connectivity index (χ3n) is 2.84. The number of likely N-dealkylation sites (N-methyl/N-ethyl adjacent to an activating group) is 1. The summed E-state index contributed by atoms with van der Waals surface area (Å²) in [4.78, 5) is 11.2. The lowest BCUT2D eigenvalue weighted by Gasteiger charge is -2.04. The number of carbonyl (C=O) groups excluding carboxylic acids is 1. The van der Waals surface area contributed by atoms with E-state index < -0.39 is 0 Å². The molecule has 0 aliphatic heterocycles. The zero-order valence-corrected chi connectivity index (χ0v) is 11.4. The molecule has 100 valence electrons. The number of benzene rings is 1. The molecule has 0 fully saturated rings. The second-order valence-corrected chi connectivity index (χ2v) is 4.33. The number of hydrogen-bond donors (Lipinski definition) is 1. The van der Waals surface area contributed by atoms with Crippen molar-refractivity contribution in [1.82, 2.24) is 5.32 Å². The van der Waals surface area contributed by atoms with Crippen molar-refractivity contribution in [1.29, 1.82) is 0 Å². The molecule has 0 atom stereocenters. The number of rotatable bonds is 8. The monoisotopic (exact) mass is 249 g/mol. The molecule has 1 aromatic rings. The van der Waals surface area contributed by atoms with Crippen LogP contribution in [0.3, 0.4) is 0 Å². The molecule has 0 aromatic heterocycles. The Bertz CT molecular complexity index is 346. The molecule has 0 spiro atoms. The first kappa shape index (κ1) is 14.7. The first-order valence-electron chi connectivity index (χ1n) is 6.64. The zero-order valence-electron chi connectivity index (χ0n) is 11.4. The predicted molar refractivity (Wildman–Crippen MR) is 73.6 cm³/mol. The van der Waals surface area contributed by atoms with Crippen LogP contribution in [0.5, 0.6) is 0 Å². The quantitative estimate of drug-likeness (QED) is 0.719. The maximum absolute atomic E-state index is 11.2. The summed E-state index contributed by atoms with van der Waals surface area (Å²) in [5.41, 5.74) is 2.63. The van der Waals surface area contributed by atoms with Crippen molar-refractivity contribution in [2.45, 2.75) is 32.6 Å². The van der Waals surface area contributed by atoms with Crippen LogP contribution in [-0.2, 0) is 22.4 Å². The van der Waals surface area contributed by atoms with Crippen molar-refractivity contribution in [3.63, 3.8) is 0 Å². The summed E-state index contributed by atoms with van der Waals surface area (Å²) in [5.74, 6) is -0.0943. The third-order valence-corrected chi connectivity index (χ3v) is 2.84. The molecule has 1 aromatic carbocycles. The van der Waals surface area contributed by atoms with Gasteiger partial charge in [-0.15, -0.1) is 0 Å². The standard InChI is InChI=1S/C15H23NO2/c1-3-18-15(17)6-4-5-13-7-9-14(10-8-13)11-12-16-2/h7-10,16H,3-6,11-12H2,1-2H3. The van der Waals surface area contributed by atoms with Gasteiger partial charge in [-0.2, -0.15) is 0 Å². The van der Waals surface area contributed by atoms with Crippen LogP contribution in [0.25, 0.3) is 0 Å². The van der Waals surface area contributed by atoms with E-state index in [1.165, 1.54) is 11.1 Å². The molecule has 0 saturated carbocycles. The second-order valence-electron chi connectivity index (χ2n) is 4.33. The van der Waals surface area contributed by atoms with Crippen molar-refractivity contribution in [3.8, 4) is 0 Å². The Morgan fingerprint density at radius 2 is 1.78 bits per heavy atom. The number of esters is 1. The zero-order chi connectivity index (χ0) is 13.2. The highest BCUT2D eigenvalue weighted by Gasteiger charge is 2.01. The third kappa shape index (κ3) is 5.82. The number of nitrogens with one attached hydrogen (secondary N) is 1. The lowest BCUT2D eigenvalue weighted by Crippen LogP contribution is -2.10. The molecule has 0 heterocycles. The Hall–Kier alpha value is -1.35. The van der Waals surface area contributed by atoms with Crippen molar-refractivity contribution in [3.05, 3.63) is 35.4 Å². The fraction of sp³-hybridized carbons (Fsp3) is 0.533. The van der Waals surface area contributed by atoms with Gasteiger partial charge in [0.05, 0.1) is 6.61 Å². The predicted octanol–water partition coefficient (Wildman–Crippen LogP) is 2.33. The highest BCUT2D eigenvalue weighted by Crippen LogP contribution is 2.08. The van der Waals surface area contributed by atoms with E-state index in [0.29, 0.717) is 13.0 Å².